The maximum absolute atomic E-state index is 14.7. The number of hydrogen-bond donors (Lipinski definition) is 1. The number of anilines is 1. The summed E-state index contributed by atoms with van der Waals surface area (Å²) < 4.78 is 57.0. The molecule has 140 valence electrons. The predicted molar refractivity (Wildman–Crippen MR) is 97.4 cm³/mol. The fourth-order valence-corrected chi connectivity index (χ4v) is 4.05. The number of nitrogen functional groups attached to an aromatic ring is 1. The number of halogens is 5. The van der Waals surface area contributed by atoms with E-state index in [0.29, 0.717) is 17.7 Å². The Morgan fingerprint density at radius 1 is 1.23 bits per heavy atom. The summed E-state index contributed by atoms with van der Waals surface area (Å²) in [5.74, 6) is -4.52. The van der Waals surface area contributed by atoms with Crippen molar-refractivity contribution in [3.63, 3.8) is 0 Å². The molecule has 1 heterocycles. The van der Waals surface area contributed by atoms with Crippen molar-refractivity contribution in [3.8, 4) is 0 Å². The molecule has 26 heavy (non-hydrogen) atoms. The minimum absolute atomic E-state index is 0.220. The molecule has 0 radical (unpaired) electrons. The third-order valence-corrected chi connectivity index (χ3v) is 5.24. The van der Waals surface area contributed by atoms with E-state index in [1.54, 1.807) is 12.1 Å². The van der Waals surface area contributed by atoms with Gasteiger partial charge in [-0.2, -0.15) is 0 Å². The molecule has 0 bridgehead atoms. The molecule has 0 amide bonds. The Kier molecular flexibility index (Phi) is 5.05. The smallest absolute Gasteiger partial charge is 0.257 e. The summed E-state index contributed by atoms with van der Waals surface area (Å²) >= 11 is 3.06. The molecule has 2 aromatic rings. The van der Waals surface area contributed by atoms with Gasteiger partial charge in [0.05, 0.1) is 12.6 Å². The van der Waals surface area contributed by atoms with Gasteiger partial charge in [0.1, 0.15) is 11.6 Å². The van der Waals surface area contributed by atoms with E-state index in [4.69, 9.17) is 5.73 Å². The fraction of sp³-hybridized carbons (Fsp3) is 0.368. The van der Waals surface area contributed by atoms with Crippen LogP contribution in [0.2, 0.25) is 0 Å². The topological polar surface area (TPSA) is 29.3 Å². The summed E-state index contributed by atoms with van der Waals surface area (Å²) in [6.45, 7) is 2.32. The Morgan fingerprint density at radius 3 is 2.42 bits per heavy atom. The molecule has 7 heteroatoms. The van der Waals surface area contributed by atoms with E-state index in [9.17, 15) is 17.6 Å². The van der Waals surface area contributed by atoms with Crippen molar-refractivity contribution in [2.75, 3.05) is 18.8 Å². The van der Waals surface area contributed by atoms with Crippen molar-refractivity contribution < 1.29 is 17.6 Å². The van der Waals surface area contributed by atoms with E-state index in [-0.39, 0.29) is 16.6 Å². The van der Waals surface area contributed by atoms with Crippen LogP contribution in [-0.2, 0) is 6.42 Å². The van der Waals surface area contributed by atoms with Gasteiger partial charge in [0, 0.05) is 29.2 Å². The minimum Gasteiger partial charge on any atom is -0.399 e. The third kappa shape index (κ3) is 3.60. The van der Waals surface area contributed by atoms with Gasteiger partial charge >= 0.3 is 0 Å². The van der Waals surface area contributed by atoms with Crippen LogP contribution in [0.3, 0.4) is 0 Å². The summed E-state index contributed by atoms with van der Waals surface area (Å²) in [6, 6.07) is 4.71. The van der Waals surface area contributed by atoms with E-state index < -0.39 is 30.1 Å². The maximum atomic E-state index is 14.7. The van der Waals surface area contributed by atoms with Gasteiger partial charge in [0.2, 0.25) is 0 Å². The number of hydrogen-bond acceptors (Lipinski definition) is 2. The first-order valence-corrected chi connectivity index (χ1v) is 9.02. The largest absolute Gasteiger partial charge is 0.399 e. The van der Waals surface area contributed by atoms with E-state index in [0.717, 1.165) is 30.2 Å². The Hall–Kier alpha value is -1.60. The SMILES string of the molecule is Cc1c(N)ccc2c1CCN(CC(C)(F)F)C2c1c(F)cc(Br)cc1F. The molecule has 2 N–H and O–H groups in total. The Balaban J connectivity index is 2.21. The summed E-state index contributed by atoms with van der Waals surface area (Å²) in [7, 11) is 0. The van der Waals surface area contributed by atoms with Gasteiger partial charge in [-0.25, -0.2) is 17.6 Å². The first-order chi connectivity index (χ1) is 12.1. The number of rotatable bonds is 3. The van der Waals surface area contributed by atoms with Crippen molar-refractivity contribution in [2.24, 2.45) is 0 Å². The molecule has 1 aliphatic rings. The average molecular weight is 431 g/mol. The predicted octanol–water partition coefficient (Wildman–Crippen LogP) is 5.22. The molecular weight excluding hydrogens is 412 g/mol. The normalized spacial score (nSPS) is 18.0. The second-order valence-corrected chi connectivity index (χ2v) is 7.74. The van der Waals surface area contributed by atoms with Crippen LogP contribution in [0.5, 0.6) is 0 Å². The molecule has 0 fully saturated rings. The number of nitrogens with zero attached hydrogens (tertiary/aromatic N) is 1. The van der Waals surface area contributed by atoms with Crippen molar-refractivity contribution in [1.82, 2.24) is 4.90 Å². The van der Waals surface area contributed by atoms with Crippen molar-refractivity contribution in [2.45, 2.75) is 32.2 Å². The van der Waals surface area contributed by atoms with Gasteiger partial charge in [0.15, 0.2) is 0 Å². The second kappa shape index (κ2) is 6.85. The lowest BCUT2D eigenvalue weighted by Crippen LogP contribution is -2.43. The summed E-state index contributed by atoms with van der Waals surface area (Å²) in [5.41, 5.74) is 8.63. The number of benzene rings is 2. The molecule has 0 saturated heterocycles. The zero-order valence-electron chi connectivity index (χ0n) is 14.4. The zero-order chi connectivity index (χ0) is 19.2. The molecule has 2 aromatic carbocycles. The Morgan fingerprint density at radius 2 is 1.85 bits per heavy atom. The molecule has 2 nitrogen and oxygen atoms in total. The molecule has 1 aliphatic heterocycles. The number of nitrogens with two attached hydrogens (primary N) is 1. The number of alkyl halides is 2. The van der Waals surface area contributed by atoms with E-state index >= 15 is 0 Å². The van der Waals surface area contributed by atoms with Gasteiger partial charge in [-0.3, -0.25) is 4.90 Å². The van der Waals surface area contributed by atoms with Crippen molar-refractivity contribution in [3.05, 3.63) is 62.6 Å². The van der Waals surface area contributed by atoms with Crippen LogP contribution >= 0.6 is 15.9 Å². The highest BCUT2D eigenvalue weighted by Crippen LogP contribution is 2.41. The van der Waals surface area contributed by atoms with Gasteiger partial charge in [-0.1, -0.05) is 22.0 Å². The lowest BCUT2D eigenvalue weighted by molar-refractivity contribution is -0.0245. The van der Waals surface area contributed by atoms with Crippen LogP contribution in [0, 0.1) is 18.6 Å². The quantitative estimate of drug-likeness (QED) is 0.534. The monoisotopic (exact) mass is 430 g/mol. The van der Waals surface area contributed by atoms with Crippen LogP contribution in [0.15, 0.2) is 28.7 Å². The van der Waals surface area contributed by atoms with Crippen LogP contribution in [0.4, 0.5) is 23.2 Å². The first kappa shape index (κ1) is 19.2. The van der Waals surface area contributed by atoms with E-state index in [1.165, 1.54) is 4.90 Å². The molecular formula is C19H19BrF4N2. The highest BCUT2D eigenvalue weighted by Gasteiger charge is 2.37. The van der Waals surface area contributed by atoms with Gasteiger partial charge in [-0.05, 0) is 48.2 Å². The lowest BCUT2D eigenvalue weighted by Gasteiger charge is -2.39. The molecule has 0 saturated carbocycles. The summed E-state index contributed by atoms with van der Waals surface area (Å²) in [6.07, 6.45) is 0.499. The average Bonchev–Trinajstić information content (AvgIpc) is 2.50. The van der Waals surface area contributed by atoms with Crippen LogP contribution in [-0.4, -0.2) is 23.9 Å². The Bertz CT molecular complexity index is 825. The van der Waals surface area contributed by atoms with Crippen LogP contribution < -0.4 is 5.73 Å². The van der Waals surface area contributed by atoms with Gasteiger partial charge in [0.25, 0.3) is 5.92 Å². The third-order valence-electron chi connectivity index (χ3n) is 4.78. The maximum Gasteiger partial charge on any atom is 0.257 e. The molecule has 0 aliphatic carbocycles. The minimum atomic E-state index is -2.99. The second-order valence-electron chi connectivity index (χ2n) is 6.82. The molecule has 0 aromatic heterocycles. The van der Waals surface area contributed by atoms with Crippen molar-refractivity contribution in [1.29, 1.82) is 0 Å². The molecule has 0 spiro atoms. The molecule has 1 unspecified atom stereocenters. The van der Waals surface area contributed by atoms with Gasteiger partial charge < -0.3 is 5.73 Å². The zero-order valence-corrected chi connectivity index (χ0v) is 16.0. The van der Waals surface area contributed by atoms with E-state index in [2.05, 4.69) is 15.9 Å². The number of fused-ring (bicyclic) bond motifs is 1. The standard InChI is InChI=1S/C19H19BrF4N2/c1-10-12-5-6-26(9-19(2,23)24)18(13(12)3-4-16(10)25)17-14(21)7-11(20)8-15(17)22/h3-4,7-8,18H,5-6,9,25H2,1-2H3. The fourth-order valence-electron chi connectivity index (χ4n) is 3.64. The first-order valence-electron chi connectivity index (χ1n) is 8.22. The van der Waals surface area contributed by atoms with Gasteiger partial charge in [-0.15, -0.1) is 0 Å². The van der Waals surface area contributed by atoms with Crippen LogP contribution in [0.1, 0.15) is 35.2 Å². The van der Waals surface area contributed by atoms with Crippen LogP contribution in [0.25, 0.3) is 0 Å². The highest BCUT2D eigenvalue weighted by molar-refractivity contribution is 9.10. The lowest BCUT2D eigenvalue weighted by atomic mass is 9.84. The van der Waals surface area contributed by atoms with E-state index in [1.807, 2.05) is 6.92 Å². The molecule has 3 rings (SSSR count). The van der Waals surface area contributed by atoms with Crippen molar-refractivity contribution >= 4 is 21.6 Å². The summed E-state index contributed by atoms with van der Waals surface area (Å²) in [4.78, 5) is 1.44. The molecule has 1 atom stereocenters. The Labute approximate surface area is 158 Å². The summed E-state index contributed by atoms with van der Waals surface area (Å²) in [5, 5.41) is 0. The highest BCUT2D eigenvalue weighted by atomic mass is 79.9.